The monoisotopic (exact) mass is 205 g/mol. The molecule has 15 heavy (non-hydrogen) atoms. The van der Waals surface area contributed by atoms with Gasteiger partial charge in [0.25, 0.3) is 0 Å². The van der Waals surface area contributed by atoms with Crippen molar-refractivity contribution >= 4 is 0 Å². The van der Waals surface area contributed by atoms with Gasteiger partial charge in [-0.1, -0.05) is 19.9 Å². The molecule has 0 aromatic heterocycles. The lowest BCUT2D eigenvalue weighted by Gasteiger charge is -2.30. The van der Waals surface area contributed by atoms with Gasteiger partial charge in [-0.15, -0.1) is 0 Å². The van der Waals surface area contributed by atoms with E-state index >= 15 is 0 Å². The van der Waals surface area contributed by atoms with Crippen molar-refractivity contribution < 1.29 is 5.11 Å². The normalized spacial score (nSPS) is 20.3. The summed E-state index contributed by atoms with van der Waals surface area (Å²) < 4.78 is 0. The summed E-state index contributed by atoms with van der Waals surface area (Å²) in [5.41, 5.74) is 8.65. The molecule has 1 aromatic carbocycles. The van der Waals surface area contributed by atoms with Crippen LogP contribution in [0.4, 0.5) is 0 Å². The molecule has 0 saturated carbocycles. The summed E-state index contributed by atoms with van der Waals surface area (Å²) in [7, 11) is 0. The predicted molar refractivity (Wildman–Crippen MR) is 62.0 cm³/mol. The van der Waals surface area contributed by atoms with E-state index < -0.39 is 0 Å². The summed E-state index contributed by atoms with van der Waals surface area (Å²) in [5, 5.41) is 9.42. The average molecular weight is 205 g/mol. The Morgan fingerprint density at radius 3 is 2.87 bits per heavy atom. The van der Waals surface area contributed by atoms with Crippen molar-refractivity contribution in [1.82, 2.24) is 0 Å². The third kappa shape index (κ3) is 1.74. The zero-order chi connectivity index (χ0) is 11.1. The summed E-state index contributed by atoms with van der Waals surface area (Å²) in [6.45, 7) is 5.15. The standard InChI is InChI=1S/C13H19NO/c1-13(2,8-14)12-6-3-9-7-10(15)4-5-11(9)12/h4-5,7,12,15H,3,6,8,14H2,1-2H3. The average Bonchev–Trinajstić information content (AvgIpc) is 2.61. The summed E-state index contributed by atoms with van der Waals surface area (Å²) in [6, 6.07) is 5.73. The molecule has 0 fully saturated rings. The van der Waals surface area contributed by atoms with Crippen molar-refractivity contribution in [2.24, 2.45) is 11.1 Å². The Bertz CT molecular complexity index is 371. The number of fused-ring (bicyclic) bond motifs is 1. The van der Waals surface area contributed by atoms with Crippen molar-refractivity contribution in [2.75, 3.05) is 6.54 Å². The van der Waals surface area contributed by atoms with Gasteiger partial charge in [-0.05, 0) is 54.0 Å². The van der Waals surface area contributed by atoms with Crippen LogP contribution in [-0.2, 0) is 6.42 Å². The minimum Gasteiger partial charge on any atom is -0.508 e. The van der Waals surface area contributed by atoms with Gasteiger partial charge >= 0.3 is 0 Å². The highest BCUT2D eigenvalue weighted by Gasteiger charge is 2.34. The molecule has 2 rings (SSSR count). The van der Waals surface area contributed by atoms with E-state index in [2.05, 4.69) is 19.9 Å². The Morgan fingerprint density at radius 2 is 2.20 bits per heavy atom. The van der Waals surface area contributed by atoms with Crippen LogP contribution in [0.1, 0.15) is 37.3 Å². The first-order valence-corrected chi connectivity index (χ1v) is 5.56. The van der Waals surface area contributed by atoms with Crippen molar-refractivity contribution in [2.45, 2.75) is 32.6 Å². The first-order valence-electron chi connectivity index (χ1n) is 5.56. The predicted octanol–water partition coefficient (Wildman–Crippen LogP) is 2.41. The van der Waals surface area contributed by atoms with Gasteiger partial charge in [0.15, 0.2) is 0 Å². The van der Waals surface area contributed by atoms with Gasteiger partial charge in [-0.25, -0.2) is 0 Å². The number of benzene rings is 1. The molecule has 82 valence electrons. The van der Waals surface area contributed by atoms with Crippen molar-refractivity contribution in [1.29, 1.82) is 0 Å². The summed E-state index contributed by atoms with van der Waals surface area (Å²) in [4.78, 5) is 0. The van der Waals surface area contributed by atoms with E-state index in [-0.39, 0.29) is 5.41 Å². The molecule has 0 spiro atoms. The Hall–Kier alpha value is -1.02. The molecule has 1 aliphatic rings. The van der Waals surface area contributed by atoms with Crippen LogP contribution in [-0.4, -0.2) is 11.7 Å². The fourth-order valence-electron chi connectivity index (χ4n) is 2.56. The van der Waals surface area contributed by atoms with Crippen molar-refractivity contribution in [3.05, 3.63) is 29.3 Å². The van der Waals surface area contributed by atoms with E-state index in [0.29, 0.717) is 18.2 Å². The van der Waals surface area contributed by atoms with E-state index in [0.717, 1.165) is 12.8 Å². The number of phenolic OH excluding ortho intramolecular Hbond substituents is 1. The van der Waals surface area contributed by atoms with Crippen LogP contribution in [0.5, 0.6) is 5.75 Å². The van der Waals surface area contributed by atoms with E-state index in [1.165, 1.54) is 11.1 Å². The third-order valence-electron chi connectivity index (χ3n) is 3.67. The first-order chi connectivity index (χ1) is 7.04. The Balaban J connectivity index is 2.37. The fourth-order valence-corrected chi connectivity index (χ4v) is 2.56. The molecule has 1 atom stereocenters. The minimum absolute atomic E-state index is 0.155. The van der Waals surface area contributed by atoms with Crippen LogP contribution in [0.25, 0.3) is 0 Å². The molecule has 0 aliphatic heterocycles. The van der Waals surface area contributed by atoms with Crippen LogP contribution < -0.4 is 5.73 Å². The van der Waals surface area contributed by atoms with Gasteiger partial charge in [0.05, 0.1) is 0 Å². The van der Waals surface area contributed by atoms with Gasteiger partial charge in [0.1, 0.15) is 5.75 Å². The van der Waals surface area contributed by atoms with Gasteiger partial charge in [0, 0.05) is 0 Å². The molecule has 2 heteroatoms. The molecule has 0 bridgehead atoms. The molecule has 0 saturated heterocycles. The highest BCUT2D eigenvalue weighted by atomic mass is 16.3. The van der Waals surface area contributed by atoms with Gasteiger partial charge in [-0.3, -0.25) is 0 Å². The number of hydrogen-bond acceptors (Lipinski definition) is 2. The summed E-state index contributed by atoms with van der Waals surface area (Å²) in [5.74, 6) is 0.915. The molecule has 0 radical (unpaired) electrons. The maximum absolute atomic E-state index is 9.42. The topological polar surface area (TPSA) is 46.2 Å². The number of nitrogens with two attached hydrogens (primary N) is 1. The highest BCUT2D eigenvalue weighted by molar-refractivity contribution is 5.41. The van der Waals surface area contributed by atoms with Crippen molar-refractivity contribution in [3.8, 4) is 5.75 Å². The van der Waals surface area contributed by atoms with Gasteiger partial charge in [-0.2, -0.15) is 0 Å². The van der Waals surface area contributed by atoms with Crippen LogP contribution in [0.15, 0.2) is 18.2 Å². The largest absolute Gasteiger partial charge is 0.508 e. The zero-order valence-electron chi connectivity index (χ0n) is 9.46. The van der Waals surface area contributed by atoms with Crippen LogP contribution in [0.3, 0.4) is 0 Å². The van der Waals surface area contributed by atoms with Crippen LogP contribution in [0, 0.1) is 5.41 Å². The van der Waals surface area contributed by atoms with E-state index in [1.807, 2.05) is 6.07 Å². The first kappa shape index (κ1) is 10.5. The number of phenols is 1. The SMILES string of the molecule is CC(C)(CN)C1CCc2cc(O)ccc21. The summed E-state index contributed by atoms with van der Waals surface area (Å²) >= 11 is 0. The second-order valence-corrected chi connectivity index (χ2v) is 5.17. The molecular formula is C13H19NO. The van der Waals surface area contributed by atoms with Gasteiger partial charge in [0.2, 0.25) is 0 Å². The van der Waals surface area contributed by atoms with E-state index in [4.69, 9.17) is 5.73 Å². The summed E-state index contributed by atoms with van der Waals surface area (Å²) in [6.07, 6.45) is 2.22. The Morgan fingerprint density at radius 1 is 1.47 bits per heavy atom. The molecular weight excluding hydrogens is 186 g/mol. The van der Waals surface area contributed by atoms with Crippen LogP contribution >= 0.6 is 0 Å². The number of aromatic hydroxyl groups is 1. The molecule has 2 nitrogen and oxygen atoms in total. The highest BCUT2D eigenvalue weighted by Crippen LogP contribution is 2.45. The maximum atomic E-state index is 9.42. The molecule has 1 unspecified atom stereocenters. The molecule has 3 N–H and O–H groups in total. The van der Waals surface area contributed by atoms with E-state index in [9.17, 15) is 5.11 Å². The fraction of sp³-hybridized carbons (Fsp3) is 0.538. The van der Waals surface area contributed by atoms with E-state index in [1.54, 1.807) is 6.07 Å². The molecule has 1 aliphatic carbocycles. The zero-order valence-corrected chi connectivity index (χ0v) is 9.46. The molecule has 1 aromatic rings. The Kier molecular flexibility index (Phi) is 2.47. The van der Waals surface area contributed by atoms with Gasteiger partial charge < -0.3 is 10.8 Å². The molecule has 0 amide bonds. The second kappa shape index (κ2) is 3.53. The smallest absolute Gasteiger partial charge is 0.115 e. The molecule has 0 heterocycles. The maximum Gasteiger partial charge on any atom is 0.115 e. The lowest BCUT2D eigenvalue weighted by Crippen LogP contribution is -2.29. The lowest BCUT2D eigenvalue weighted by atomic mass is 9.76. The Labute approximate surface area is 91.1 Å². The number of hydrogen-bond donors (Lipinski definition) is 2. The number of rotatable bonds is 2. The lowest BCUT2D eigenvalue weighted by molar-refractivity contribution is 0.294. The number of aryl methyl sites for hydroxylation is 1. The third-order valence-corrected chi connectivity index (χ3v) is 3.67. The quantitative estimate of drug-likeness (QED) is 0.778. The second-order valence-electron chi connectivity index (χ2n) is 5.17. The minimum atomic E-state index is 0.155. The van der Waals surface area contributed by atoms with Crippen molar-refractivity contribution in [3.63, 3.8) is 0 Å². The van der Waals surface area contributed by atoms with Crippen LogP contribution in [0.2, 0.25) is 0 Å².